The van der Waals surface area contributed by atoms with Gasteiger partial charge in [-0.2, -0.15) is 0 Å². The minimum atomic E-state index is 0.425. The molecule has 8 aliphatic rings. The molecule has 0 radical (unpaired) electrons. The predicted octanol–water partition coefficient (Wildman–Crippen LogP) is 20.9. The van der Waals surface area contributed by atoms with Gasteiger partial charge in [0.15, 0.2) is 46.0 Å². The summed E-state index contributed by atoms with van der Waals surface area (Å²) in [7, 11) is 15.6. The summed E-state index contributed by atoms with van der Waals surface area (Å²) in [4.78, 5) is 47.6. The minimum Gasteiger partial charge on any atom is -0.493 e. The van der Waals surface area contributed by atoms with E-state index < -0.39 is 0 Å². The highest BCUT2D eigenvalue weighted by Gasteiger charge is 2.28. The van der Waals surface area contributed by atoms with Gasteiger partial charge in [0.05, 0.1) is 112 Å². The van der Waals surface area contributed by atoms with Crippen molar-refractivity contribution in [3.05, 3.63) is 176 Å². The van der Waals surface area contributed by atoms with Crippen LogP contribution in [0.1, 0.15) is 134 Å². The summed E-state index contributed by atoms with van der Waals surface area (Å²) < 4.78 is 53.5. The van der Waals surface area contributed by atoms with Crippen LogP contribution in [-0.2, 0) is 0 Å². The maximum Gasteiger partial charge on any atom is 0.163 e. The number of aryl methyl sites for hydroxylation is 1. The van der Waals surface area contributed by atoms with Crippen molar-refractivity contribution in [3.8, 4) is 91.2 Å². The maximum atomic E-state index is 6.26. The van der Waals surface area contributed by atoms with Crippen LogP contribution in [0.25, 0.3) is 99.7 Å². The van der Waals surface area contributed by atoms with Gasteiger partial charge in [-0.1, -0.05) is 30.3 Å². The fraction of sp³-hybridized carbons (Fsp3) is 0.491. The molecule has 8 fully saturated rings. The second-order valence-electron chi connectivity index (χ2n) is 40.5. The van der Waals surface area contributed by atoms with Gasteiger partial charge >= 0.3 is 0 Å². The lowest BCUT2D eigenvalue weighted by Crippen LogP contribution is -2.36. The van der Waals surface area contributed by atoms with Crippen LogP contribution in [0.4, 0.5) is 22.7 Å². The molecule has 0 amide bonds. The Morgan fingerprint density at radius 3 is 0.986 bits per heavy atom. The molecule has 8 saturated heterocycles. The number of piperidine rings is 4. The van der Waals surface area contributed by atoms with E-state index in [4.69, 9.17) is 62.2 Å². The molecule has 7 aromatic heterocycles. The zero-order chi connectivity index (χ0) is 98.2. The standard InChI is InChI=1S/C31H38N4O3.C29H38N4O2.C28H39N5O2.C28H37N5O2/c1-34-14-8-24(9-15-34)32-27-20-26(22-6-7-29-23(18-22)10-17-38-29)33-28-21-31(30(36-2)19-25(27)28)37-16-5-13-35-11-3-4-12-35;1-32-16-11-23(12-17-32)30-26-20-25(22-9-4-3-5-10-22)31-27-21-29(28(34-2)19-24(26)27)35-18-8-15-33-13-6-7-14-33;1-20-7-8-23(29-20)26-18-24(30-21-9-14-32(2)15-10-21)22-17-27(34-3)28(19-25(22)31-26)35-16-6-13-33-11-4-5-12-33;1-32-14-8-22(9-15-32)30-25-18-24(21-7-5-10-29-20-21)31-26-19-28(27(34-2)17-23(25)26)35-16-6-13-33-11-3-4-12-33/h6-7,10,17-21,24H,3-5,8-9,11-16H2,1-2H3,(H,32,33);3-5,9-10,19-21,23H,6-8,11-18H2,1-2H3,(H,30,31);7-8,17-19,21,29H,4-6,9-16H2,1-3H3,(H,30,31);5,7,10,17-20,22H,3-4,6,8-9,11-16H2,1-2H3,(H,30,31). The van der Waals surface area contributed by atoms with E-state index in [1.807, 2.05) is 48.7 Å². The van der Waals surface area contributed by atoms with Crippen LogP contribution in [0, 0.1) is 6.92 Å². The Balaban J connectivity index is 0.000000126. The molecule has 0 atom stereocenters. The summed E-state index contributed by atoms with van der Waals surface area (Å²) in [6.07, 6.45) is 29.0. The van der Waals surface area contributed by atoms with Crippen molar-refractivity contribution in [2.75, 3.05) is 235 Å². The Hall–Kier alpha value is -11.8. The molecule has 27 heteroatoms. The molecular weight excluding hydrogens is 1790 g/mol. The summed E-state index contributed by atoms with van der Waals surface area (Å²) in [5, 5.41) is 20.7. The molecular formula is C116H152N18O9. The van der Waals surface area contributed by atoms with Gasteiger partial charge in [-0.25, -0.2) is 19.9 Å². The highest BCUT2D eigenvalue weighted by atomic mass is 16.5. The van der Waals surface area contributed by atoms with Gasteiger partial charge < -0.3 is 108 Å². The van der Waals surface area contributed by atoms with E-state index in [1.54, 1.807) is 40.9 Å². The zero-order valence-electron chi connectivity index (χ0n) is 86.1. The van der Waals surface area contributed by atoms with E-state index in [9.17, 15) is 0 Å². The Bertz CT molecular complexity index is 6050. The van der Waals surface area contributed by atoms with Crippen molar-refractivity contribution in [1.82, 2.24) is 69.1 Å². The number of benzene rings is 6. The molecule has 0 unspecified atom stereocenters. The number of methoxy groups -OCH3 is 4. The highest BCUT2D eigenvalue weighted by molar-refractivity contribution is 6.00. The Morgan fingerprint density at radius 1 is 0.329 bits per heavy atom. The van der Waals surface area contributed by atoms with Crippen molar-refractivity contribution in [3.63, 3.8) is 0 Å². The highest BCUT2D eigenvalue weighted by Crippen LogP contribution is 2.44. The number of nitrogens with zero attached hydrogens (tertiary/aromatic N) is 13. The third kappa shape index (κ3) is 27.3. The molecule has 5 N–H and O–H groups in total. The number of likely N-dealkylation sites (tertiary alicyclic amines) is 8. The predicted molar refractivity (Wildman–Crippen MR) is 581 cm³/mol. The molecule has 21 rings (SSSR count). The molecule has 760 valence electrons. The number of aromatic nitrogens is 6. The minimum absolute atomic E-state index is 0.425. The first-order chi connectivity index (χ1) is 70.1. The number of ether oxygens (including phenoxy) is 8. The van der Waals surface area contributed by atoms with Gasteiger partial charge in [-0.05, 0) is 365 Å². The zero-order valence-corrected chi connectivity index (χ0v) is 86.1. The number of furan rings is 1. The smallest absolute Gasteiger partial charge is 0.163 e. The van der Waals surface area contributed by atoms with Crippen molar-refractivity contribution >= 4 is 77.3 Å². The number of H-pyrrole nitrogens is 1. The average molecular weight is 1940 g/mol. The fourth-order valence-corrected chi connectivity index (χ4v) is 21.4. The summed E-state index contributed by atoms with van der Waals surface area (Å²) in [5.41, 5.74) is 18.0. The first-order valence-electron chi connectivity index (χ1n) is 53.1. The molecule has 143 heavy (non-hydrogen) atoms. The van der Waals surface area contributed by atoms with E-state index in [0.717, 1.165) is 330 Å². The van der Waals surface area contributed by atoms with Gasteiger partial charge in [0.1, 0.15) is 5.58 Å². The lowest BCUT2D eigenvalue weighted by molar-refractivity contribution is 0.254. The van der Waals surface area contributed by atoms with Crippen LogP contribution in [0.3, 0.4) is 0 Å². The molecule has 8 aliphatic heterocycles. The third-order valence-electron chi connectivity index (χ3n) is 29.9. The van der Waals surface area contributed by atoms with Crippen molar-refractivity contribution in [1.29, 1.82) is 0 Å². The Kier molecular flexibility index (Phi) is 35.5. The monoisotopic (exact) mass is 1940 g/mol. The second kappa shape index (κ2) is 50.1. The molecule has 6 aromatic carbocycles. The van der Waals surface area contributed by atoms with Crippen LogP contribution >= 0.6 is 0 Å². The lowest BCUT2D eigenvalue weighted by Gasteiger charge is -2.30. The van der Waals surface area contributed by atoms with E-state index in [2.05, 4.69) is 215 Å². The topological polar surface area (TPSA) is 241 Å². The molecule has 0 saturated carbocycles. The van der Waals surface area contributed by atoms with Crippen molar-refractivity contribution in [2.45, 2.75) is 160 Å². The van der Waals surface area contributed by atoms with Gasteiger partial charge in [0, 0.05) is 159 Å². The first kappa shape index (κ1) is 101. The van der Waals surface area contributed by atoms with Gasteiger partial charge in [0.25, 0.3) is 0 Å². The number of hydrogen-bond donors (Lipinski definition) is 5. The number of nitrogens with one attached hydrogen (secondary N) is 5. The van der Waals surface area contributed by atoms with E-state index >= 15 is 0 Å². The van der Waals surface area contributed by atoms with Crippen LogP contribution in [-0.4, -0.2) is 307 Å². The molecule has 0 aliphatic carbocycles. The fourth-order valence-electron chi connectivity index (χ4n) is 21.4. The normalized spacial score (nSPS) is 17.6. The number of anilines is 4. The number of fused-ring (bicyclic) bond motifs is 5. The summed E-state index contributed by atoms with van der Waals surface area (Å²) in [6, 6.07) is 53.8. The Labute approximate surface area is 845 Å². The summed E-state index contributed by atoms with van der Waals surface area (Å²) in [5.74, 6) is 6.06. The van der Waals surface area contributed by atoms with Crippen LogP contribution in [0.15, 0.2) is 175 Å². The lowest BCUT2D eigenvalue weighted by atomic mass is 10.0. The number of rotatable bonds is 36. The summed E-state index contributed by atoms with van der Waals surface area (Å²) in [6.45, 7) is 27.7. The largest absolute Gasteiger partial charge is 0.493 e. The SMILES string of the molecule is COc1cc2c(NC3CCN(C)CC3)cc(-c3ccc(C)[nH]3)nc2cc1OCCCN1CCCC1.COc1cc2c(NC3CCN(C)CC3)cc(-c3ccc4occc4c3)nc2cc1OCCCN1CCCC1.COc1cc2c(NC3CCN(C)CC3)cc(-c3ccccc3)nc2cc1OCCCN1CCCC1.COc1cc2c(NC3CCN(C)CC3)cc(-c3cccnc3)nc2cc1OCCCN1CCCC1. The molecule has 27 nitrogen and oxygen atoms in total. The van der Waals surface area contributed by atoms with Crippen LogP contribution in [0.5, 0.6) is 46.0 Å². The van der Waals surface area contributed by atoms with Gasteiger partial charge in [-0.15, -0.1) is 0 Å². The Morgan fingerprint density at radius 2 is 0.657 bits per heavy atom. The van der Waals surface area contributed by atoms with Crippen LogP contribution < -0.4 is 59.2 Å². The second-order valence-corrected chi connectivity index (χ2v) is 40.5. The first-order valence-corrected chi connectivity index (χ1v) is 53.1. The van der Waals surface area contributed by atoms with Crippen LogP contribution in [0.2, 0.25) is 0 Å². The molecule has 0 bridgehead atoms. The quantitative estimate of drug-likeness (QED) is 0.0229. The summed E-state index contributed by atoms with van der Waals surface area (Å²) >= 11 is 0. The van der Waals surface area contributed by atoms with E-state index in [1.165, 1.54) is 104 Å². The average Bonchev–Trinajstić information content (AvgIpc) is 1.20. The number of hydrogen-bond acceptors (Lipinski definition) is 26. The third-order valence-corrected chi connectivity index (χ3v) is 29.9. The van der Waals surface area contributed by atoms with E-state index in [0.29, 0.717) is 50.6 Å². The molecule has 13 aromatic rings. The number of aromatic amines is 1. The van der Waals surface area contributed by atoms with Crippen molar-refractivity contribution in [2.24, 2.45) is 0 Å². The molecule has 0 spiro atoms. The van der Waals surface area contributed by atoms with Gasteiger partial charge in [0.2, 0.25) is 0 Å². The van der Waals surface area contributed by atoms with Gasteiger partial charge in [-0.3, -0.25) is 4.98 Å². The number of pyridine rings is 5. The molecule has 15 heterocycles. The van der Waals surface area contributed by atoms with Crippen molar-refractivity contribution < 1.29 is 42.3 Å². The van der Waals surface area contributed by atoms with E-state index in [-0.39, 0.29) is 0 Å². The maximum absolute atomic E-state index is 6.26.